The van der Waals surface area contributed by atoms with E-state index < -0.39 is 24.3 Å². The van der Waals surface area contributed by atoms with Crippen LogP contribution in [0.1, 0.15) is 38.3 Å². The maximum Gasteiger partial charge on any atom is 0.410 e. The van der Waals surface area contributed by atoms with Crippen molar-refractivity contribution in [1.82, 2.24) is 10.6 Å². The highest BCUT2D eigenvalue weighted by Crippen LogP contribution is 2.27. The topological polar surface area (TPSA) is 120 Å². The summed E-state index contributed by atoms with van der Waals surface area (Å²) in [5, 5.41) is 5.59. The lowest BCUT2D eigenvalue weighted by atomic mass is 10.0. The molecule has 0 bridgehead atoms. The van der Waals surface area contributed by atoms with Crippen molar-refractivity contribution in [3.8, 4) is 0 Å². The third kappa shape index (κ3) is 16.0. The van der Waals surface area contributed by atoms with E-state index in [1.54, 1.807) is 36.4 Å². The van der Waals surface area contributed by atoms with Crippen LogP contribution in [0.25, 0.3) is 0 Å². The monoisotopic (exact) mass is 650 g/mol. The molecule has 3 unspecified atom stereocenters. The molecule has 0 spiro atoms. The van der Waals surface area contributed by atoms with Crippen LogP contribution in [0.3, 0.4) is 0 Å². The summed E-state index contributed by atoms with van der Waals surface area (Å²) in [7, 11) is 3.09. The molecule has 236 valence electrons. The first-order valence-electron chi connectivity index (χ1n) is 14.1. The highest BCUT2D eigenvalue weighted by atomic mass is 33.1. The summed E-state index contributed by atoms with van der Waals surface area (Å²) in [6.45, 7) is 4.86. The molecule has 2 aromatic carbocycles. The minimum Gasteiger partial charge on any atom is -0.460 e. The van der Waals surface area contributed by atoms with E-state index in [1.807, 2.05) is 66.9 Å². The first kappa shape index (κ1) is 36.4. The first-order valence-corrected chi connectivity index (χ1v) is 18.0. The number of rotatable bonds is 19. The van der Waals surface area contributed by atoms with Crippen molar-refractivity contribution in [2.75, 3.05) is 30.1 Å². The van der Waals surface area contributed by atoms with Crippen LogP contribution in [0, 0.1) is 11.8 Å². The van der Waals surface area contributed by atoms with E-state index in [0.29, 0.717) is 17.9 Å². The number of carbonyl (C=O) groups is 4. The smallest absolute Gasteiger partial charge is 0.410 e. The Kier molecular flexibility index (Phi) is 17.7. The number of nitrogens with one attached hydrogen (secondary N) is 2. The van der Waals surface area contributed by atoms with Crippen molar-refractivity contribution in [2.24, 2.45) is 11.8 Å². The minimum absolute atomic E-state index is 0.150. The lowest BCUT2D eigenvalue weighted by Gasteiger charge is -2.21. The molecule has 0 fully saturated rings. The fourth-order valence-electron chi connectivity index (χ4n) is 3.61. The molecule has 0 aliphatic carbocycles. The van der Waals surface area contributed by atoms with E-state index in [4.69, 9.17) is 14.2 Å². The molecule has 9 nitrogen and oxygen atoms in total. The molecular weight excluding hydrogens is 609 g/mol. The molecule has 43 heavy (non-hydrogen) atoms. The number of thioether (sulfide) groups is 1. The molecule has 2 rings (SSSR count). The largest absolute Gasteiger partial charge is 0.460 e. The summed E-state index contributed by atoms with van der Waals surface area (Å²) in [4.78, 5) is 49.5. The molecule has 0 heterocycles. The number of benzene rings is 2. The number of amides is 2. The van der Waals surface area contributed by atoms with Crippen molar-refractivity contribution >= 4 is 57.3 Å². The van der Waals surface area contributed by atoms with E-state index in [0.717, 1.165) is 23.3 Å². The van der Waals surface area contributed by atoms with Gasteiger partial charge in [0.15, 0.2) is 0 Å². The molecule has 0 radical (unpaired) electrons. The van der Waals surface area contributed by atoms with Gasteiger partial charge in [0.25, 0.3) is 0 Å². The standard InChI is InChI=1S/C31H42N2O7S3/c1-22(2)30(36)39-23(3)40-31(37)33-27(15-16-41-4)21-43-42-20-26(17-24-11-7-5-8-12-24)29(35)32-18-28(34)38-19-25-13-9-6-10-14-25/h5-14,22-23,26-27H,15-21H2,1-4H3,(H,32,35)(H,33,37). The average molecular weight is 651 g/mol. The van der Waals surface area contributed by atoms with Gasteiger partial charge in [-0.15, -0.1) is 0 Å². The van der Waals surface area contributed by atoms with Crippen LogP contribution in [0.2, 0.25) is 0 Å². The Hall–Kier alpha value is -2.83. The third-order valence-corrected chi connectivity index (χ3v) is 9.19. The van der Waals surface area contributed by atoms with Crippen molar-refractivity contribution < 1.29 is 33.4 Å². The van der Waals surface area contributed by atoms with Gasteiger partial charge in [0.2, 0.25) is 12.2 Å². The zero-order valence-corrected chi connectivity index (χ0v) is 27.6. The molecule has 0 saturated carbocycles. The van der Waals surface area contributed by atoms with Crippen molar-refractivity contribution in [1.29, 1.82) is 0 Å². The molecule has 3 atom stereocenters. The van der Waals surface area contributed by atoms with Gasteiger partial charge in [-0.2, -0.15) is 11.8 Å². The molecule has 2 aromatic rings. The number of hydrogen-bond acceptors (Lipinski definition) is 10. The van der Waals surface area contributed by atoms with Crippen molar-refractivity contribution in [3.63, 3.8) is 0 Å². The highest BCUT2D eigenvalue weighted by molar-refractivity contribution is 8.76. The van der Waals surface area contributed by atoms with Crippen LogP contribution >= 0.6 is 33.3 Å². The summed E-state index contributed by atoms with van der Waals surface area (Å²) in [6, 6.07) is 18.9. The molecule has 0 aromatic heterocycles. The van der Waals surface area contributed by atoms with E-state index in [9.17, 15) is 19.2 Å². The molecule has 2 amide bonds. The zero-order chi connectivity index (χ0) is 31.5. The summed E-state index contributed by atoms with van der Waals surface area (Å²) >= 11 is 1.67. The van der Waals surface area contributed by atoms with Gasteiger partial charge in [0.05, 0.1) is 11.8 Å². The predicted molar refractivity (Wildman–Crippen MR) is 175 cm³/mol. The summed E-state index contributed by atoms with van der Waals surface area (Å²) < 4.78 is 15.6. The quantitative estimate of drug-likeness (QED) is 0.0876. The maximum atomic E-state index is 13.1. The summed E-state index contributed by atoms with van der Waals surface area (Å²) in [5.41, 5.74) is 1.90. The van der Waals surface area contributed by atoms with Crippen LogP contribution in [0.5, 0.6) is 0 Å². The van der Waals surface area contributed by atoms with Gasteiger partial charge in [-0.25, -0.2) is 4.79 Å². The third-order valence-electron chi connectivity index (χ3n) is 5.99. The van der Waals surface area contributed by atoms with E-state index in [1.165, 1.54) is 17.7 Å². The van der Waals surface area contributed by atoms with Crippen LogP contribution in [-0.2, 0) is 41.6 Å². The first-order chi connectivity index (χ1) is 20.7. The van der Waals surface area contributed by atoms with Crippen molar-refractivity contribution in [3.05, 3.63) is 71.8 Å². The lowest BCUT2D eigenvalue weighted by molar-refractivity contribution is -0.168. The Morgan fingerprint density at radius 1 is 0.837 bits per heavy atom. The molecule has 0 saturated heterocycles. The van der Waals surface area contributed by atoms with E-state index in [2.05, 4.69) is 10.6 Å². The second-order valence-electron chi connectivity index (χ2n) is 10.0. The molecule has 0 aliphatic rings. The van der Waals surface area contributed by atoms with Crippen molar-refractivity contribution in [2.45, 2.75) is 52.6 Å². The minimum atomic E-state index is -0.994. The number of ether oxygens (including phenoxy) is 3. The number of carbonyl (C=O) groups excluding carboxylic acids is 4. The Labute approximate surface area is 266 Å². The van der Waals surface area contributed by atoms with Crippen LogP contribution in [-0.4, -0.2) is 66.3 Å². The number of esters is 2. The average Bonchev–Trinajstić information content (AvgIpc) is 2.99. The molecule has 0 aliphatic heterocycles. The highest BCUT2D eigenvalue weighted by Gasteiger charge is 2.22. The fourth-order valence-corrected chi connectivity index (χ4v) is 6.73. The van der Waals surface area contributed by atoms with Gasteiger partial charge in [-0.05, 0) is 36.0 Å². The second-order valence-corrected chi connectivity index (χ2v) is 13.5. The summed E-state index contributed by atoms with van der Waals surface area (Å²) in [6.07, 6.45) is 1.59. The van der Waals surface area contributed by atoms with E-state index in [-0.39, 0.29) is 36.9 Å². The van der Waals surface area contributed by atoms with E-state index >= 15 is 0 Å². The van der Waals surface area contributed by atoms with Gasteiger partial charge >= 0.3 is 18.0 Å². The van der Waals surface area contributed by atoms with Gasteiger partial charge < -0.3 is 24.8 Å². The van der Waals surface area contributed by atoms with Crippen LogP contribution in [0.4, 0.5) is 4.79 Å². The summed E-state index contributed by atoms with van der Waals surface area (Å²) in [5.74, 6) is 0.0781. The fraction of sp³-hybridized carbons (Fsp3) is 0.484. The molecular formula is C31H42N2O7S3. The number of hydrogen-bond donors (Lipinski definition) is 2. The van der Waals surface area contributed by atoms with Gasteiger partial charge in [-0.1, -0.05) is 96.1 Å². The normalized spacial score (nSPS) is 13.0. The second kappa shape index (κ2) is 21.0. The van der Waals surface area contributed by atoms with Gasteiger partial charge in [0, 0.05) is 24.5 Å². The van der Waals surface area contributed by atoms with Crippen LogP contribution < -0.4 is 10.6 Å². The predicted octanol–water partition coefficient (Wildman–Crippen LogP) is 5.48. The molecule has 2 N–H and O–H groups in total. The van der Waals surface area contributed by atoms with Crippen LogP contribution in [0.15, 0.2) is 60.7 Å². The number of alkyl carbamates (subject to hydrolysis) is 1. The lowest BCUT2D eigenvalue weighted by Crippen LogP contribution is -2.39. The Morgan fingerprint density at radius 2 is 1.47 bits per heavy atom. The Balaban J connectivity index is 1.86. The van der Waals surface area contributed by atoms with Gasteiger partial charge in [0.1, 0.15) is 13.2 Å². The van der Waals surface area contributed by atoms with Gasteiger partial charge in [-0.3, -0.25) is 14.4 Å². The molecule has 12 heteroatoms. The maximum absolute atomic E-state index is 13.1. The Bertz CT molecular complexity index is 1120. The zero-order valence-electron chi connectivity index (χ0n) is 25.1. The Morgan fingerprint density at radius 3 is 2.09 bits per heavy atom. The SMILES string of the molecule is CSCCC(CSSCC(Cc1ccccc1)C(=O)NCC(=O)OCc1ccccc1)NC(=O)OC(C)OC(=O)C(C)C.